The van der Waals surface area contributed by atoms with Crippen molar-refractivity contribution in [1.29, 1.82) is 0 Å². The lowest BCUT2D eigenvalue weighted by Gasteiger charge is -2.40. The second-order valence-electron chi connectivity index (χ2n) is 12.0. The highest BCUT2D eigenvalue weighted by atomic mass is 32.1. The van der Waals surface area contributed by atoms with Crippen molar-refractivity contribution in [3.8, 4) is 17.0 Å². The van der Waals surface area contributed by atoms with Crippen LogP contribution in [0.5, 0.6) is 5.75 Å². The van der Waals surface area contributed by atoms with Gasteiger partial charge in [0.1, 0.15) is 12.4 Å². The molecule has 212 valence electrons. The lowest BCUT2D eigenvalue weighted by Crippen LogP contribution is -2.50. The van der Waals surface area contributed by atoms with Gasteiger partial charge in [-0.3, -0.25) is 9.69 Å². The highest BCUT2D eigenvalue weighted by Crippen LogP contribution is 2.45. The first kappa shape index (κ1) is 27.2. The van der Waals surface area contributed by atoms with Gasteiger partial charge in [0.05, 0.1) is 30.4 Å². The van der Waals surface area contributed by atoms with Gasteiger partial charge in [0.2, 0.25) is 0 Å². The number of carboxylic acids is 1. The average molecular weight is 562 g/mol. The number of benzene rings is 2. The summed E-state index contributed by atoms with van der Waals surface area (Å²) < 4.78 is 12.0. The highest BCUT2D eigenvalue weighted by molar-refractivity contribution is 7.14. The van der Waals surface area contributed by atoms with Gasteiger partial charge in [-0.25, -0.2) is 4.98 Å². The van der Waals surface area contributed by atoms with Crippen LogP contribution < -0.4 is 9.64 Å². The molecule has 40 heavy (non-hydrogen) atoms. The molecule has 3 aromatic rings. The molecule has 3 aliphatic heterocycles. The van der Waals surface area contributed by atoms with Crippen molar-refractivity contribution in [2.45, 2.75) is 66.3 Å². The van der Waals surface area contributed by atoms with Crippen molar-refractivity contribution in [1.82, 2.24) is 9.88 Å². The standard InChI is InChI=1S/C32H39N3O4S/c1-19-7-6-8-27(28-18-40-31(33-28)35-13-20(2)32(5,22(35)4)30(36)37)29(19)39-15-24-10-9-23-14-34(25-16-38-17-25)12-11-26(23)21(24)3/h6-10,18,20,22,25H,11-17H2,1-5H3,(H,36,37)/t20-,22+,32+/m1/s1. The maximum absolute atomic E-state index is 12.1. The highest BCUT2D eigenvalue weighted by Gasteiger charge is 2.52. The monoisotopic (exact) mass is 561 g/mol. The number of nitrogens with zero attached hydrogens (tertiary/aromatic N) is 3. The minimum Gasteiger partial charge on any atom is -0.488 e. The van der Waals surface area contributed by atoms with Crippen molar-refractivity contribution >= 4 is 22.4 Å². The molecule has 6 rings (SSSR count). The summed E-state index contributed by atoms with van der Waals surface area (Å²) in [4.78, 5) is 21.8. The molecule has 4 heterocycles. The van der Waals surface area contributed by atoms with Crippen LogP contribution in [0.3, 0.4) is 0 Å². The van der Waals surface area contributed by atoms with Crippen LogP contribution in [0.25, 0.3) is 11.3 Å². The fourth-order valence-corrected chi connectivity index (χ4v) is 7.46. The number of ether oxygens (including phenoxy) is 2. The van der Waals surface area contributed by atoms with Gasteiger partial charge < -0.3 is 19.5 Å². The summed E-state index contributed by atoms with van der Waals surface area (Å²) in [5.41, 5.74) is 7.56. The van der Waals surface area contributed by atoms with E-state index >= 15 is 0 Å². The van der Waals surface area contributed by atoms with Crippen molar-refractivity contribution < 1.29 is 19.4 Å². The quantitative estimate of drug-likeness (QED) is 0.397. The Hall–Kier alpha value is -2.94. The Labute approximate surface area is 240 Å². The molecule has 1 N–H and O–H groups in total. The van der Waals surface area contributed by atoms with Crippen LogP contribution >= 0.6 is 11.3 Å². The molecule has 0 radical (unpaired) electrons. The molecule has 0 bridgehead atoms. The van der Waals surface area contributed by atoms with E-state index in [1.165, 1.54) is 22.3 Å². The van der Waals surface area contributed by atoms with Crippen LogP contribution in [0.15, 0.2) is 35.7 Å². The molecular weight excluding hydrogens is 522 g/mol. The fraction of sp³-hybridized carbons (Fsp3) is 0.500. The van der Waals surface area contributed by atoms with Gasteiger partial charge in [0, 0.05) is 36.6 Å². The van der Waals surface area contributed by atoms with Crippen molar-refractivity contribution in [3.05, 3.63) is 63.5 Å². The summed E-state index contributed by atoms with van der Waals surface area (Å²) in [7, 11) is 0. The molecule has 1 aromatic heterocycles. The lowest BCUT2D eigenvalue weighted by atomic mass is 9.76. The van der Waals surface area contributed by atoms with Crippen LogP contribution in [0.2, 0.25) is 0 Å². The summed E-state index contributed by atoms with van der Waals surface area (Å²) in [6.45, 7) is 15.2. The number of aromatic nitrogens is 1. The van der Waals surface area contributed by atoms with Crippen LogP contribution in [-0.4, -0.2) is 59.3 Å². The molecule has 3 atom stereocenters. The Balaban J connectivity index is 1.21. The van der Waals surface area contributed by atoms with E-state index in [4.69, 9.17) is 14.5 Å². The van der Waals surface area contributed by atoms with E-state index in [1.54, 1.807) is 11.3 Å². The van der Waals surface area contributed by atoms with Gasteiger partial charge in [0.15, 0.2) is 5.13 Å². The number of aliphatic carboxylic acids is 1. The number of fused-ring (bicyclic) bond motifs is 1. The van der Waals surface area contributed by atoms with E-state index in [9.17, 15) is 9.90 Å². The first-order chi connectivity index (χ1) is 19.2. The van der Waals surface area contributed by atoms with Crippen LogP contribution in [0, 0.1) is 25.2 Å². The largest absolute Gasteiger partial charge is 0.488 e. The fourth-order valence-electron chi connectivity index (χ4n) is 6.54. The van der Waals surface area contributed by atoms with Gasteiger partial charge in [0.25, 0.3) is 0 Å². The van der Waals surface area contributed by atoms with Crippen molar-refractivity contribution in [3.63, 3.8) is 0 Å². The summed E-state index contributed by atoms with van der Waals surface area (Å²) >= 11 is 1.57. The lowest BCUT2D eigenvalue weighted by molar-refractivity contribution is -0.150. The summed E-state index contributed by atoms with van der Waals surface area (Å²) in [5, 5.41) is 12.9. The zero-order chi connectivity index (χ0) is 28.2. The van der Waals surface area contributed by atoms with E-state index in [0.29, 0.717) is 19.2 Å². The maximum Gasteiger partial charge on any atom is 0.311 e. The predicted octanol–water partition coefficient (Wildman–Crippen LogP) is 5.70. The second kappa shape index (κ2) is 10.5. The average Bonchev–Trinajstić information content (AvgIpc) is 3.47. The van der Waals surface area contributed by atoms with Crippen LogP contribution in [0.4, 0.5) is 5.13 Å². The van der Waals surface area contributed by atoms with Gasteiger partial charge in [-0.1, -0.05) is 31.2 Å². The van der Waals surface area contributed by atoms with Crippen molar-refractivity contribution in [2.24, 2.45) is 11.3 Å². The normalized spacial score (nSPS) is 25.1. The number of para-hydroxylation sites is 1. The molecular formula is C32H39N3O4S. The molecule has 2 aromatic carbocycles. The SMILES string of the molecule is Cc1cccc(-c2csc(N3C[C@@H](C)[C@](C)(C(=O)O)[C@@H]3C)n2)c1OCc1ccc2c(c1C)CCN(C1COC1)C2. The first-order valence-corrected chi connectivity index (χ1v) is 15.2. The van der Waals surface area contributed by atoms with E-state index in [2.05, 4.69) is 53.3 Å². The Morgan fingerprint density at radius 2 is 2.02 bits per heavy atom. The Kier molecular flexibility index (Phi) is 7.13. The topological polar surface area (TPSA) is 75.1 Å². The predicted molar refractivity (Wildman–Crippen MR) is 158 cm³/mol. The van der Waals surface area contributed by atoms with Crippen LogP contribution in [-0.2, 0) is 29.1 Å². The molecule has 7 nitrogen and oxygen atoms in total. The van der Waals surface area contributed by atoms with E-state index in [0.717, 1.165) is 60.4 Å². The van der Waals surface area contributed by atoms with Gasteiger partial charge >= 0.3 is 5.97 Å². The van der Waals surface area contributed by atoms with Gasteiger partial charge in [-0.15, -0.1) is 11.3 Å². The minimum absolute atomic E-state index is 0.0281. The zero-order valence-corrected chi connectivity index (χ0v) is 24.9. The molecule has 3 aliphatic rings. The third kappa shape index (κ3) is 4.50. The zero-order valence-electron chi connectivity index (χ0n) is 24.1. The minimum atomic E-state index is -0.805. The van der Waals surface area contributed by atoms with Crippen molar-refractivity contribution in [2.75, 3.05) is 31.2 Å². The maximum atomic E-state index is 12.1. The molecule has 0 aliphatic carbocycles. The number of hydrogen-bond donors (Lipinski definition) is 1. The molecule has 0 amide bonds. The number of rotatable bonds is 7. The molecule has 8 heteroatoms. The summed E-state index contributed by atoms with van der Waals surface area (Å²) in [6.07, 6.45) is 1.07. The Morgan fingerprint density at radius 3 is 2.73 bits per heavy atom. The van der Waals surface area contributed by atoms with E-state index in [1.807, 2.05) is 26.8 Å². The molecule has 2 fully saturated rings. The van der Waals surface area contributed by atoms with Crippen LogP contribution in [0.1, 0.15) is 48.6 Å². The summed E-state index contributed by atoms with van der Waals surface area (Å²) in [5.74, 6) is 0.134. The van der Waals surface area contributed by atoms with E-state index in [-0.39, 0.29) is 12.0 Å². The number of aryl methyl sites for hydroxylation is 1. The smallest absolute Gasteiger partial charge is 0.311 e. The number of anilines is 1. The third-order valence-electron chi connectivity index (χ3n) is 9.86. The van der Waals surface area contributed by atoms with Gasteiger partial charge in [-0.2, -0.15) is 0 Å². The number of hydrogen-bond acceptors (Lipinski definition) is 7. The Bertz CT molecular complexity index is 1430. The molecule has 2 saturated heterocycles. The third-order valence-corrected chi connectivity index (χ3v) is 10.7. The number of carboxylic acid groups (broad SMARTS) is 1. The number of carbonyl (C=O) groups is 1. The van der Waals surface area contributed by atoms with Gasteiger partial charge in [-0.05, 0) is 73.9 Å². The second-order valence-corrected chi connectivity index (χ2v) is 12.8. The first-order valence-electron chi connectivity index (χ1n) is 14.3. The summed E-state index contributed by atoms with van der Waals surface area (Å²) in [6, 6.07) is 11.1. The number of thiazole rings is 1. The van der Waals surface area contributed by atoms with E-state index < -0.39 is 11.4 Å². The molecule has 0 saturated carbocycles. The Morgan fingerprint density at radius 1 is 1.23 bits per heavy atom. The molecule has 0 unspecified atom stereocenters. The molecule has 0 spiro atoms.